The SMILES string of the molecule is CCCCCCCN(C(=O)C(CCC(N)=O)NC(=O)OC(C)(C)C)C(C(=O)Nc1c(C)cccc1Cl)c1ccc(C)c(C)c1. The van der Waals surface area contributed by atoms with E-state index in [1.807, 2.05) is 45.0 Å². The third kappa shape index (κ3) is 11.5. The lowest BCUT2D eigenvalue weighted by molar-refractivity contribution is -0.141. The molecule has 0 heterocycles. The molecule has 4 N–H and O–H groups in total. The summed E-state index contributed by atoms with van der Waals surface area (Å²) in [5, 5.41) is 5.98. The second-order valence-electron chi connectivity index (χ2n) is 12.3. The first-order chi connectivity index (χ1) is 20.6. The third-order valence-electron chi connectivity index (χ3n) is 7.33. The Labute approximate surface area is 267 Å². The number of ether oxygens (including phenoxy) is 1. The summed E-state index contributed by atoms with van der Waals surface area (Å²) in [6.07, 6.45) is 3.60. The van der Waals surface area contributed by atoms with E-state index >= 15 is 0 Å². The van der Waals surface area contributed by atoms with Crippen LogP contribution in [0.2, 0.25) is 5.02 Å². The van der Waals surface area contributed by atoms with E-state index in [-0.39, 0.29) is 19.4 Å². The number of aryl methyl sites for hydroxylation is 3. The van der Waals surface area contributed by atoms with Gasteiger partial charge in [0.15, 0.2) is 0 Å². The van der Waals surface area contributed by atoms with Crippen molar-refractivity contribution < 1.29 is 23.9 Å². The molecule has 0 aliphatic carbocycles. The number of unbranched alkanes of at least 4 members (excludes halogenated alkanes) is 4. The van der Waals surface area contributed by atoms with Crippen molar-refractivity contribution in [2.75, 3.05) is 11.9 Å². The summed E-state index contributed by atoms with van der Waals surface area (Å²) in [7, 11) is 0. The lowest BCUT2D eigenvalue weighted by atomic mass is 9.97. The smallest absolute Gasteiger partial charge is 0.408 e. The van der Waals surface area contributed by atoms with Gasteiger partial charge in [0.05, 0.1) is 10.7 Å². The summed E-state index contributed by atoms with van der Waals surface area (Å²) >= 11 is 6.48. The number of amides is 4. The number of alkyl carbamates (subject to hydrolysis) is 1. The fourth-order valence-electron chi connectivity index (χ4n) is 4.84. The predicted octanol–water partition coefficient (Wildman–Crippen LogP) is 6.90. The highest BCUT2D eigenvalue weighted by molar-refractivity contribution is 6.34. The molecule has 0 fully saturated rings. The van der Waals surface area contributed by atoms with Crippen molar-refractivity contribution in [3.05, 3.63) is 63.7 Å². The molecule has 0 bridgehead atoms. The average molecular weight is 629 g/mol. The molecule has 9 nitrogen and oxygen atoms in total. The zero-order chi connectivity index (χ0) is 33.0. The molecule has 0 aromatic heterocycles. The Bertz CT molecular complexity index is 1290. The highest BCUT2D eigenvalue weighted by Gasteiger charge is 2.36. The van der Waals surface area contributed by atoms with E-state index in [1.165, 1.54) is 4.90 Å². The summed E-state index contributed by atoms with van der Waals surface area (Å²) in [5.41, 5.74) is 8.47. The number of halogens is 1. The molecular formula is C34H49ClN4O5. The van der Waals surface area contributed by atoms with E-state index in [2.05, 4.69) is 17.6 Å². The minimum atomic E-state index is -1.16. The molecule has 242 valence electrons. The predicted molar refractivity (Wildman–Crippen MR) is 176 cm³/mol. The van der Waals surface area contributed by atoms with Crippen molar-refractivity contribution in [2.24, 2.45) is 5.73 Å². The molecule has 0 saturated carbocycles. The van der Waals surface area contributed by atoms with Crippen molar-refractivity contribution >= 4 is 41.1 Å². The van der Waals surface area contributed by atoms with Crippen LogP contribution in [-0.4, -0.2) is 46.9 Å². The van der Waals surface area contributed by atoms with Crippen LogP contribution in [0.4, 0.5) is 10.5 Å². The maximum Gasteiger partial charge on any atom is 0.408 e. The minimum absolute atomic E-state index is 0.0510. The van der Waals surface area contributed by atoms with E-state index in [4.69, 9.17) is 22.1 Å². The van der Waals surface area contributed by atoms with E-state index in [0.29, 0.717) is 22.7 Å². The number of carbonyl (C=O) groups is 4. The van der Waals surface area contributed by atoms with Crippen molar-refractivity contribution in [3.8, 4) is 0 Å². The maximum absolute atomic E-state index is 14.4. The maximum atomic E-state index is 14.4. The Morgan fingerprint density at radius 3 is 2.23 bits per heavy atom. The minimum Gasteiger partial charge on any atom is -0.444 e. The molecule has 0 aliphatic rings. The fraction of sp³-hybridized carbons (Fsp3) is 0.529. The van der Waals surface area contributed by atoms with Gasteiger partial charge in [-0.15, -0.1) is 0 Å². The number of hydrogen-bond acceptors (Lipinski definition) is 5. The quantitative estimate of drug-likeness (QED) is 0.185. The number of nitrogens with zero attached hydrogens (tertiary/aromatic N) is 1. The molecular weight excluding hydrogens is 580 g/mol. The highest BCUT2D eigenvalue weighted by atomic mass is 35.5. The zero-order valence-electron chi connectivity index (χ0n) is 27.2. The molecule has 4 amide bonds. The number of anilines is 1. The van der Waals surface area contributed by atoms with Crippen LogP contribution in [0.15, 0.2) is 36.4 Å². The third-order valence-corrected chi connectivity index (χ3v) is 7.65. The Hall–Kier alpha value is -3.59. The summed E-state index contributed by atoms with van der Waals surface area (Å²) < 4.78 is 5.43. The van der Waals surface area contributed by atoms with Crippen molar-refractivity contribution in [1.82, 2.24) is 10.2 Å². The second kappa shape index (κ2) is 17.0. The van der Waals surface area contributed by atoms with Gasteiger partial charge >= 0.3 is 6.09 Å². The summed E-state index contributed by atoms with van der Waals surface area (Å²) in [4.78, 5) is 54.8. The molecule has 2 atom stereocenters. The van der Waals surface area contributed by atoms with Gasteiger partial charge < -0.3 is 26.0 Å². The molecule has 2 aromatic carbocycles. The van der Waals surface area contributed by atoms with Gasteiger partial charge in [0.2, 0.25) is 11.8 Å². The monoisotopic (exact) mass is 628 g/mol. The van der Waals surface area contributed by atoms with Crippen LogP contribution in [0.5, 0.6) is 0 Å². The normalized spacial score (nSPS) is 12.6. The largest absolute Gasteiger partial charge is 0.444 e. The number of benzene rings is 2. The molecule has 44 heavy (non-hydrogen) atoms. The lowest BCUT2D eigenvalue weighted by Gasteiger charge is -2.35. The first-order valence-corrected chi connectivity index (χ1v) is 15.7. The topological polar surface area (TPSA) is 131 Å². The Morgan fingerprint density at radius 2 is 1.64 bits per heavy atom. The van der Waals surface area contributed by atoms with Gasteiger partial charge in [-0.2, -0.15) is 0 Å². The number of para-hydroxylation sites is 1. The Morgan fingerprint density at radius 1 is 0.955 bits per heavy atom. The van der Waals surface area contributed by atoms with Crippen LogP contribution in [0.3, 0.4) is 0 Å². The van der Waals surface area contributed by atoms with Crippen molar-refractivity contribution in [2.45, 2.75) is 111 Å². The van der Waals surface area contributed by atoms with Gasteiger partial charge in [-0.3, -0.25) is 14.4 Å². The first kappa shape index (κ1) is 36.6. The summed E-state index contributed by atoms with van der Waals surface area (Å²) in [5.74, 6) is -1.57. The van der Waals surface area contributed by atoms with Gasteiger partial charge in [-0.25, -0.2) is 4.79 Å². The van der Waals surface area contributed by atoms with Crippen LogP contribution in [0, 0.1) is 20.8 Å². The van der Waals surface area contributed by atoms with E-state index in [0.717, 1.165) is 42.4 Å². The molecule has 0 aliphatic heterocycles. The van der Waals surface area contributed by atoms with Gasteiger partial charge in [-0.05, 0) is 82.7 Å². The van der Waals surface area contributed by atoms with Crippen LogP contribution >= 0.6 is 11.6 Å². The fourth-order valence-corrected chi connectivity index (χ4v) is 5.10. The van der Waals surface area contributed by atoms with Crippen molar-refractivity contribution in [1.29, 1.82) is 0 Å². The lowest BCUT2D eigenvalue weighted by Crippen LogP contribution is -2.53. The Kier molecular flexibility index (Phi) is 14.2. The number of hydrogen-bond donors (Lipinski definition) is 3. The number of carbonyl (C=O) groups excluding carboxylic acids is 4. The van der Waals surface area contributed by atoms with Crippen LogP contribution < -0.4 is 16.4 Å². The molecule has 2 aromatic rings. The molecule has 2 rings (SSSR count). The molecule has 0 radical (unpaired) electrons. The zero-order valence-corrected chi connectivity index (χ0v) is 28.0. The number of primary amides is 1. The van der Waals surface area contributed by atoms with Gasteiger partial charge in [0.1, 0.15) is 17.7 Å². The first-order valence-electron chi connectivity index (χ1n) is 15.4. The molecule has 2 unspecified atom stereocenters. The van der Waals surface area contributed by atoms with E-state index in [1.54, 1.807) is 32.9 Å². The number of nitrogens with one attached hydrogen (secondary N) is 2. The molecule has 0 spiro atoms. The van der Waals surface area contributed by atoms with Crippen molar-refractivity contribution in [3.63, 3.8) is 0 Å². The van der Waals surface area contributed by atoms with Gasteiger partial charge in [0.25, 0.3) is 5.91 Å². The van der Waals surface area contributed by atoms with Crippen LogP contribution in [0.25, 0.3) is 0 Å². The van der Waals surface area contributed by atoms with Gasteiger partial charge in [-0.1, -0.05) is 74.5 Å². The van der Waals surface area contributed by atoms with E-state index in [9.17, 15) is 19.2 Å². The molecule has 10 heteroatoms. The van der Waals surface area contributed by atoms with Crippen LogP contribution in [0.1, 0.15) is 101 Å². The number of rotatable bonds is 15. The number of nitrogens with two attached hydrogens (primary N) is 1. The summed E-state index contributed by atoms with van der Waals surface area (Å²) in [6.45, 7) is 13.3. The Balaban J connectivity index is 2.62. The highest BCUT2D eigenvalue weighted by Crippen LogP contribution is 2.31. The van der Waals surface area contributed by atoms with Crippen LogP contribution in [-0.2, 0) is 19.1 Å². The second-order valence-corrected chi connectivity index (χ2v) is 12.7. The van der Waals surface area contributed by atoms with E-state index < -0.39 is 41.5 Å². The van der Waals surface area contributed by atoms with Gasteiger partial charge in [0, 0.05) is 13.0 Å². The standard InChI is InChI=1S/C34H49ClN4O5/c1-8-9-10-11-12-20-39(32(42)27(18-19-28(36)40)37-33(43)44-34(5,6)7)30(25-17-16-22(2)24(4)21-25)31(41)38-29-23(3)14-13-15-26(29)35/h13-17,21,27,30H,8-12,18-20H2,1-7H3,(H2,36,40)(H,37,43)(H,38,41). The summed E-state index contributed by atoms with van der Waals surface area (Å²) in [6, 6.07) is 8.77. The molecule has 0 saturated heterocycles. The average Bonchev–Trinajstić information content (AvgIpc) is 2.92.